The Kier molecular flexibility index (Phi) is 2.69. The van der Waals surface area contributed by atoms with Crippen LogP contribution < -0.4 is 0 Å². The maximum atomic E-state index is 11.3. The zero-order chi connectivity index (χ0) is 12.7. The first kappa shape index (κ1) is 11.7. The summed E-state index contributed by atoms with van der Waals surface area (Å²) in [4.78, 5) is 11.3. The fraction of sp³-hybridized carbons (Fsp3) is 0.357. The zero-order valence-electron chi connectivity index (χ0n) is 10.6. The van der Waals surface area contributed by atoms with E-state index in [0.29, 0.717) is 11.5 Å². The van der Waals surface area contributed by atoms with E-state index in [1.165, 1.54) is 0 Å². The van der Waals surface area contributed by atoms with Crippen LogP contribution in [-0.2, 0) is 7.05 Å². The van der Waals surface area contributed by atoms with Crippen LogP contribution in [0.15, 0.2) is 18.3 Å². The van der Waals surface area contributed by atoms with Crippen LogP contribution in [0.1, 0.15) is 41.3 Å². The molecule has 0 aliphatic heterocycles. The fourth-order valence-electron chi connectivity index (χ4n) is 2.26. The van der Waals surface area contributed by atoms with Gasteiger partial charge in [-0.3, -0.25) is 0 Å². The van der Waals surface area contributed by atoms with Gasteiger partial charge in [0.2, 0.25) is 0 Å². The molecule has 0 saturated carbocycles. The average molecular weight is 231 g/mol. The predicted molar refractivity (Wildman–Crippen MR) is 68.7 cm³/mol. The smallest absolute Gasteiger partial charge is 0.337 e. The Morgan fingerprint density at radius 3 is 2.53 bits per heavy atom. The molecular formula is C14H17NO2. The van der Waals surface area contributed by atoms with Crippen LogP contribution in [0.4, 0.5) is 0 Å². The topological polar surface area (TPSA) is 42.2 Å². The van der Waals surface area contributed by atoms with E-state index in [2.05, 4.69) is 19.9 Å². The molecule has 0 atom stereocenters. The molecule has 90 valence electrons. The number of aryl methyl sites for hydroxylation is 2. The van der Waals surface area contributed by atoms with Crippen LogP contribution >= 0.6 is 0 Å². The summed E-state index contributed by atoms with van der Waals surface area (Å²) in [7, 11) is 1.89. The molecule has 0 aliphatic carbocycles. The minimum atomic E-state index is -0.862. The molecule has 0 unspecified atom stereocenters. The largest absolute Gasteiger partial charge is 0.478 e. The summed E-state index contributed by atoms with van der Waals surface area (Å²) in [6.45, 7) is 6.16. The third kappa shape index (κ3) is 1.82. The molecule has 2 aromatic rings. The summed E-state index contributed by atoms with van der Waals surface area (Å²) in [6.07, 6.45) is 1.97. The van der Waals surface area contributed by atoms with Crippen molar-refractivity contribution in [3.8, 4) is 0 Å². The van der Waals surface area contributed by atoms with Gasteiger partial charge in [-0.1, -0.05) is 13.8 Å². The second kappa shape index (κ2) is 3.91. The number of aromatic nitrogens is 1. The normalized spacial score (nSPS) is 11.4. The van der Waals surface area contributed by atoms with Crippen molar-refractivity contribution in [3.05, 3.63) is 35.0 Å². The lowest BCUT2D eigenvalue weighted by Gasteiger charge is -2.09. The fourth-order valence-corrected chi connectivity index (χ4v) is 2.26. The van der Waals surface area contributed by atoms with Gasteiger partial charge < -0.3 is 9.67 Å². The molecule has 0 bridgehead atoms. The molecular weight excluding hydrogens is 214 g/mol. The maximum absolute atomic E-state index is 11.3. The number of carbonyl (C=O) groups is 1. The summed E-state index contributed by atoms with van der Waals surface area (Å²) in [5.74, 6) is -0.532. The molecule has 0 radical (unpaired) electrons. The molecule has 1 aromatic heterocycles. The van der Waals surface area contributed by atoms with Crippen LogP contribution in [0.5, 0.6) is 0 Å². The van der Waals surface area contributed by atoms with Crippen molar-refractivity contribution in [1.82, 2.24) is 4.57 Å². The van der Waals surface area contributed by atoms with E-state index in [9.17, 15) is 9.90 Å². The van der Waals surface area contributed by atoms with Gasteiger partial charge in [0.25, 0.3) is 0 Å². The molecule has 3 heteroatoms. The standard InChI is InChI=1S/C14H17NO2/c1-8(2)10-5-11-9(3)7-15(4)13(11)12(6-10)14(16)17/h5-8H,1-4H3,(H,16,17). The van der Waals surface area contributed by atoms with Gasteiger partial charge in [0.05, 0.1) is 11.1 Å². The number of benzene rings is 1. The first-order valence-corrected chi connectivity index (χ1v) is 5.74. The molecule has 1 aromatic carbocycles. The highest BCUT2D eigenvalue weighted by molar-refractivity contribution is 6.03. The van der Waals surface area contributed by atoms with Crippen molar-refractivity contribution in [1.29, 1.82) is 0 Å². The SMILES string of the molecule is Cc1cn(C)c2c(C(=O)O)cc(C(C)C)cc12. The van der Waals surface area contributed by atoms with Crippen LogP contribution in [-0.4, -0.2) is 15.6 Å². The lowest BCUT2D eigenvalue weighted by molar-refractivity contribution is 0.0698. The number of carboxylic acids is 1. The number of hydrogen-bond acceptors (Lipinski definition) is 1. The van der Waals surface area contributed by atoms with E-state index in [1.807, 2.05) is 24.7 Å². The first-order valence-electron chi connectivity index (χ1n) is 5.74. The molecule has 0 fully saturated rings. The zero-order valence-corrected chi connectivity index (χ0v) is 10.6. The highest BCUT2D eigenvalue weighted by Crippen LogP contribution is 2.28. The summed E-state index contributed by atoms with van der Waals surface area (Å²) in [5.41, 5.74) is 3.39. The summed E-state index contributed by atoms with van der Waals surface area (Å²) >= 11 is 0. The second-order valence-corrected chi connectivity index (χ2v) is 4.85. The summed E-state index contributed by atoms with van der Waals surface area (Å²) in [6, 6.07) is 3.89. The summed E-state index contributed by atoms with van der Waals surface area (Å²) in [5, 5.41) is 10.3. The van der Waals surface area contributed by atoms with Crippen LogP contribution in [0, 0.1) is 6.92 Å². The minimum absolute atomic E-state index is 0.331. The highest BCUT2D eigenvalue weighted by atomic mass is 16.4. The van der Waals surface area contributed by atoms with Gasteiger partial charge in [0.15, 0.2) is 0 Å². The number of aromatic carboxylic acids is 1. The Morgan fingerprint density at radius 2 is 2.00 bits per heavy atom. The van der Waals surface area contributed by atoms with E-state index in [1.54, 1.807) is 6.07 Å². The van der Waals surface area contributed by atoms with E-state index in [-0.39, 0.29) is 0 Å². The Bertz CT molecular complexity index is 594. The molecule has 0 saturated heterocycles. The van der Waals surface area contributed by atoms with E-state index in [4.69, 9.17) is 0 Å². The summed E-state index contributed by atoms with van der Waals surface area (Å²) < 4.78 is 1.89. The number of fused-ring (bicyclic) bond motifs is 1. The Balaban J connectivity index is 2.88. The van der Waals surface area contributed by atoms with Gasteiger partial charge in [-0.05, 0) is 36.1 Å². The van der Waals surface area contributed by atoms with Crippen molar-refractivity contribution < 1.29 is 9.90 Å². The van der Waals surface area contributed by atoms with Crippen molar-refractivity contribution >= 4 is 16.9 Å². The third-order valence-electron chi connectivity index (χ3n) is 3.19. The molecule has 0 amide bonds. The average Bonchev–Trinajstić information content (AvgIpc) is 2.53. The monoisotopic (exact) mass is 231 g/mol. The Morgan fingerprint density at radius 1 is 1.35 bits per heavy atom. The molecule has 0 aliphatic rings. The maximum Gasteiger partial charge on any atom is 0.337 e. The Hall–Kier alpha value is -1.77. The Labute approximate surface area is 101 Å². The highest BCUT2D eigenvalue weighted by Gasteiger charge is 2.16. The third-order valence-corrected chi connectivity index (χ3v) is 3.19. The molecule has 17 heavy (non-hydrogen) atoms. The molecule has 1 N–H and O–H groups in total. The van der Waals surface area contributed by atoms with Gasteiger partial charge in [0.1, 0.15) is 0 Å². The lowest BCUT2D eigenvalue weighted by atomic mass is 9.97. The molecule has 3 nitrogen and oxygen atoms in total. The quantitative estimate of drug-likeness (QED) is 0.861. The minimum Gasteiger partial charge on any atom is -0.478 e. The van der Waals surface area contributed by atoms with Gasteiger partial charge in [0, 0.05) is 18.6 Å². The van der Waals surface area contributed by atoms with Gasteiger partial charge in [-0.15, -0.1) is 0 Å². The van der Waals surface area contributed by atoms with Gasteiger partial charge in [-0.2, -0.15) is 0 Å². The van der Waals surface area contributed by atoms with Crippen LogP contribution in [0.2, 0.25) is 0 Å². The van der Waals surface area contributed by atoms with Crippen LogP contribution in [0.25, 0.3) is 10.9 Å². The van der Waals surface area contributed by atoms with Crippen molar-refractivity contribution in [2.24, 2.45) is 7.05 Å². The molecule has 2 rings (SSSR count). The number of hydrogen-bond donors (Lipinski definition) is 1. The van der Waals surface area contributed by atoms with E-state index >= 15 is 0 Å². The molecule has 1 heterocycles. The van der Waals surface area contributed by atoms with Crippen molar-refractivity contribution in [2.75, 3.05) is 0 Å². The van der Waals surface area contributed by atoms with E-state index < -0.39 is 5.97 Å². The predicted octanol–water partition coefficient (Wildman–Crippen LogP) is 3.31. The van der Waals surface area contributed by atoms with Gasteiger partial charge in [-0.25, -0.2) is 4.79 Å². The lowest BCUT2D eigenvalue weighted by Crippen LogP contribution is -2.02. The number of nitrogens with zero attached hydrogens (tertiary/aromatic N) is 1. The number of carboxylic acid groups (broad SMARTS) is 1. The van der Waals surface area contributed by atoms with Crippen molar-refractivity contribution in [2.45, 2.75) is 26.7 Å². The second-order valence-electron chi connectivity index (χ2n) is 4.85. The molecule has 0 spiro atoms. The van der Waals surface area contributed by atoms with Crippen molar-refractivity contribution in [3.63, 3.8) is 0 Å². The number of rotatable bonds is 2. The van der Waals surface area contributed by atoms with Crippen LogP contribution in [0.3, 0.4) is 0 Å². The van der Waals surface area contributed by atoms with Gasteiger partial charge >= 0.3 is 5.97 Å². The van der Waals surface area contributed by atoms with E-state index in [0.717, 1.165) is 22.0 Å². The first-order chi connectivity index (χ1) is 7.91.